The van der Waals surface area contributed by atoms with E-state index in [1.54, 1.807) is 0 Å². The molecule has 0 bridgehead atoms. The number of benzene rings is 2. The molecule has 2 aromatic heterocycles. The van der Waals surface area contributed by atoms with Crippen LogP contribution in [0.4, 0.5) is 5.69 Å². The summed E-state index contributed by atoms with van der Waals surface area (Å²) in [4.78, 5) is 12.1. The predicted octanol–water partition coefficient (Wildman–Crippen LogP) is 4.48. The predicted molar refractivity (Wildman–Crippen MR) is 97.7 cm³/mol. The van der Waals surface area contributed by atoms with Crippen molar-refractivity contribution in [3.05, 3.63) is 47.5 Å². The Labute approximate surface area is 146 Å². The molecule has 0 fully saturated rings. The minimum absolute atomic E-state index is 0.0694. The molecule has 7 heteroatoms. The molecule has 0 radical (unpaired) electrons. The average molecular weight is 355 g/mol. The molecule has 4 rings (SSSR count). The van der Waals surface area contributed by atoms with Crippen LogP contribution in [0.2, 0.25) is 0 Å². The molecule has 0 saturated carbocycles. The van der Waals surface area contributed by atoms with Gasteiger partial charge in [-0.1, -0.05) is 41.3 Å². The highest BCUT2D eigenvalue weighted by Crippen LogP contribution is 2.30. The first-order valence-corrected chi connectivity index (χ1v) is 9.13. The van der Waals surface area contributed by atoms with Crippen LogP contribution in [-0.2, 0) is 4.79 Å². The van der Waals surface area contributed by atoms with Gasteiger partial charge in [0.25, 0.3) is 0 Å². The van der Waals surface area contributed by atoms with Crippen LogP contribution < -0.4 is 5.32 Å². The number of rotatable bonds is 4. The van der Waals surface area contributed by atoms with E-state index < -0.39 is 0 Å². The minimum atomic E-state index is -0.0694. The van der Waals surface area contributed by atoms with Gasteiger partial charge in [0.1, 0.15) is 16.2 Å². The van der Waals surface area contributed by atoms with Crippen molar-refractivity contribution in [3.63, 3.8) is 0 Å². The van der Waals surface area contributed by atoms with Gasteiger partial charge in [0.2, 0.25) is 5.91 Å². The first kappa shape index (κ1) is 15.2. The fourth-order valence-corrected chi connectivity index (χ4v) is 4.08. The number of furan rings is 1. The van der Waals surface area contributed by atoms with Crippen LogP contribution >= 0.6 is 23.1 Å². The summed E-state index contributed by atoms with van der Waals surface area (Å²) >= 11 is 2.88. The van der Waals surface area contributed by atoms with E-state index in [1.165, 1.54) is 23.1 Å². The van der Waals surface area contributed by atoms with Gasteiger partial charge in [-0.05, 0) is 31.2 Å². The van der Waals surface area contributed by atoms with E-state index in [1.807, 2.05) is 49.4 Å². The molecule has 5 nitrogen and oxygen atoms in total. The summed E-state index contributed by atoms with van der Waals surface area (Å²) < 4.78 is 6.59. The maximum atomic E-state index is 12.1. The molecule has 0 aliphatic heterocycles. The third-order valence-corrected chi connectivity index (χ3v) is 5.47. The van der Waals surface area contributed by atoms with Crippen LogP contribution in [0.3, 0.4) is 0 Å². The van der Waals surface area contributed by atoms with Gasteiger partial charge in [0.15, 0.2) is 4.34 Å². The van der Waals surface area contributed by atoms with Crippen LogP contribution in [0.15, 0.2) is 51.2 Å². The number of thioether (sulfide) groups is 1. The second-order valence-electron chi connectivity index (χ2n) is 5.23. The fraction of sp³-hybridized carbons (Fsp3) is 0.118. The summed E-state index contributed by atoms with van der Waals surface area (Å²) in [6.45, 7) is 1.90. The molecule has 120 valence electrons. The molecule has 24 heavy (non-hydrogen) atoms. The van der Waals surface area contributed by atoms with Gasteiger partial charge in [0.05, 0.1) is 5.75 Å². The maximum absolute atomic E-state index is 12.1. The Hall–Kier alpha value is -2.38. The Morgan fingerprint density at radius 2 is 2.00 bits per heavy atom. The highest BCUT2D eigenvalue weighted by molar-refractivity contribution is 8.01. The number of carbonyl (C=O) groups is 1. The lowest BCUT2D eigenvalue weighted by Crippen LogP contribution is -2.13. The molecular formula is C17H13N3O2S2. The van der Waals surface area contributed by atoms with Crippen molar-refractivity contribution in [1.29, 1.82) is 0 Å². The van der Waals surface area contributed by atoms with Crippen molar-refractivity contribution in [1.82, 2.24) is 10.2 Å². The monoisotopic (exact) mass is 355 g/mol. The van der Waals surface area contributed by atoms with Crippen LogP contribution in [0.1, 0.15) is 5.01 Å². The number of amides is 1. The normalized spacial score (nSPS) is 11.2. The van der Waals surface area contributed by atoms with Gasteiger partial charge in [-0.25, -0.2) is 0 Å². The fourth-order valence-electron chi connectivity index (χ4n) is 2.46. The molecule has 0 aliphatic rings. The zero-order valence-electron chi connectivity index (χ0n) is 12.8. The molecule has 1 amide bonds. The third-order valence-electron chi connectivity index (χ3n) is 3.49. The Bertz CT molecular complexity index is 1040. The summed E-state index contributed by atoms with van der Waals surface area (Å²) in [6.07, 6.45) is 0. The first-order valence-electron chi connectivity index (χ1n) is 7.33. The van der Waals surface area contributed by atoms with Gasteiger partial charge in [-0.15, -0.1) is 10.2 Å². The summed E-state index contributed by atoms with van der Waals surface area (Å²) in [5, 5.41) is 13.8. The average Bonchev–Trinajstić information content (AvgIpc) is 3.16. The molecule has 4 aromatic rings. The summed E-state index contributed by atoms with van der Waals surface area (Å²) in [6, 6.07) is 13.5. The van der Waals surface area contributed by atoms with Gasteiger partial charge < -0.3 is 9.73 Å². The van der Waals surface area contributed by atoms with E-state index in [0.29, 0.717) is 5.75 Å². The number of aromatic nitrogens is 2. The van der Waals surface area contributed by atoms with Crippen molar-refractivity contribution in [2.24, 2.45) is 0 Å². The van der Waals surface area contributed by atoms with Gasteiger partial charge >= 0.3 is 0 Å². The molecule has 0 aliphatic carbocycles. The quantitative estimate of drug-likeness (QED) is 0.547. The lowest BCUT2D eigenvalue weighted by atomic mass is 10.1. The number of hydrogen-bond donors (Lipinski definition) is 1. The van der Waals surface area contributed by atoms with Crippen LogP contribution in [0.5, 0.6) is 0 Å². The SMILES string of the molecule is Cc1nnc(SCC(=O)Nc2ccc3oc4ccccc4c3c2)s1. The number of anilines is 1. The number of carbonyl (C=O) groups excluding carboxylic acids is 1. The van der Waals surface area contributed by atoms with Crippen LogP contribution in [0.25, 0.3) is 21.9 Å². The van der Waals surface area contributed by atoms with Gasteiger partial charge in [0, 0.05) is 16.5 Å². The second kappa shape index (κ2) is 6.26. The zero-order chi connectivity index (χ0) is 16.5. The Kier molecular flexibility index (Phi) is 3.95. The van der Waals surface area contributed by atoms with Crippen LogP contribution in [0, 0.1) is 6.92 Å². The minimum Gasteiger partial charge on any atom is -0.456 e. The number of aryl methyl sites for hydroxylation is 1. The first-order chi connectivity index (χ1) is 11.7. The molecule has 0 spiro atoms. The highest BCUT2D eigenvalue weighted by Gasteiger charge is 2.10. The largest absolute Gasteiger partial charge is 0.456 e. The zero-order valence-corrected chi connectivity index (χ0v) is 14.4. The molecular weight excluding hydrogens is 342 g/mol. The van der Waals surface area contributed by atoms with Crippen molar-refractivity contribution in [3.8, 4) is 0 Å². The number of hydrogen-bond acceptors (Lipinski definition) is 6. The van der Waals surface area contributed by atoms with E-state index >= 15 is 0 Å². The number of nitrogens with zero attached hydrogens (tertiary/aromatic N) is 2. The van der Waals surface area contributed by atoms with Crippen molar-refractivity contribution < 1.29 is 9.21 Å². The summed E-state index contributed by atoms with van der Waals surface area (Å²) in [5.74, 6) is 0.235. The number of nitrogens with one attached hydrogen (secondary N) is 1. The second-order valence-corrected chi connectivity index (χ2v) is 7.64. The number of fused-ring (bicyclic) bond motifs is 3. The van der Waals surface area contributed by atoms with Crippen molar-refractivity contribution in [2.45, 2.75) is 11.3 Å². The van der Waals surface area contributed by atoms with E-state index in [0.717, 1.165) is 37.0 Å². The van der Waals surface area contributed by atoms with E-state index in [2.05, 4.69) is 15.5 Å². The Morgan fingerprint density at radius 1 is 1.17 bits per heavy atom. The molecule has 0 unspecified atom stereocenters. The summed E-state index contributed by atoms with van der Waals surface area (Å²) in [5.41, 5.74) is 2.42. The third kappa shape index (κ3) is 3.00. The standard InChI is InChI=1S/C17H13N3O2S2/c1-10-19-20-17(24-10)23-9-16(21)18-11-6-7-15-13(8-11)12-4-2-3-5-14(12)22-15/h2-8H,9H2,1H3,(H,18,21). The maximum Gasteiger partial charge on any atom is 0.234 e. The van der Waals surface area contributed by atoms with Crippen molar-refractivity contribution in [2.75, 3.05) is 11.1 Å². The van der Waals surface area contributed by atoms with Gasteiger partial charge in [-0.2, -0.15) is 0 Å². The van der Waals surface area contributed by atoms with E-state index in [-0.39, 0.29) is 5.91 Å². The molecule has 1 N–H and O–H groups in total. The lowest BCUT2D eigenvalue weighted by Gasteiger charge is -2.04. The topological polar surface area (TPSA) is 68.0 Å². The van der Waals surface area contributed by atoms with Crippen LogP contribution in [-0.4, -0.2) is 21.9 Å². The van der Waals surface area contributed by atoms with E-state index in [4.69, 9.17) is 4.42 Å². The highest BCUT2D eigenvalue weighted by atomic mass is 32.2. The molecule has 0 atom stereocenters. The Morgan fingerprint density at radius 3 is 2.83 bits per heavy atom. The smallest absolute Gasteiger partial charge is 0.234 e. The molecule has 0 saturated heterocycles. The Balaban J connectivity index is 1.51. The van der Waals surface area contributed by atoms with Crippen molar-refractivity contribution >= 4 is 56.6 Å². The van der Waals surface area contributed by atoms with Gasteiger partial charge in [-0.3, -0.25) is 4.79 Å². The number of para-hydroxylation sites is 1. The lowest BCUT2D eigenvalue weighted by molar-refractivity contribution is -0.113. The van der Waals surface area contributed by atoms with E-state index in [9.17, 15) is 4.79 Å². The molecule has 2 heterocycles. The summed E-state index contributed by atoms with van der Waals surface area (Å²) in [7, 11) is 0. The molecule has 2 aromatic carbocycles.